The molecule has 1 N–H and O–H groups in total. The molecule has 4 aromatic heterocycles. The van der Waals surface area contributed by atoms with Gasteiger partial charge in [0.1, 0.15) is 6.17 Å². The number of aromatic nitrogens is 4. The molecule has 0 bridgehead atoms. The van der Waals surface area contributed by atoms with Gasteiger partial charge in [-0.25, -0.2) is 0 Å². The van der Waals surface area contributed by atoms with E-state index in [0.29, 0.717) is 12.1 Å². The molecular weight excluding hydrogens is 418 g/mol. The number of rotatable bonds is 3. The second-order valence-electron chi connectivity index (χ2n) is 9.19. The normalized spacial score (nSPS) is 20.9. The number of benzene rings is 1. The van der Waals surface area contributed by atoms with Crippen LogP contribution in [0.15, 0.2) is 104 Å². The molecule has 1 saturated heterocycles. The zero-order valence-electron chi connectivity index (χ0n) is 18.8. The first kappa shape index (κ1) is 19.5. The van der Waals surface area contributed by atoms with Crippen LogP contribution in [-0.4, -0.2) is 19.1 Å². The Labute approximate surface area is 198 Å². The first-order chi connectivity index (χ1) is 16.8. The number of hydrogen-bond acceptors (Lipinski definition) is 3. The zero-order chi connectivity index (χ0) is 22.5. The third-order valence-corrected chi connectivity index (χ3v) is 7.23. The quantitative estimate of drug-likeness (QED) is 0.358. The molecule has 0 amide bonds. The molecule has 0 aliphatic carbocycles. The van der Waals surface area contributed by atoms with Gasteiger partial charge in [-0.3, -0.25) is 15.3 Å². The van der Waals surface area contributed by atoms with Gasteiger partial charge in [-0.05, 0) is 54.8 Å². The molecule has 6 heterocycles. The fourth-order valence-corrected chi connectivity index (χ4v) is 5.62. The van der Waals surface area contributed by atoms with E-state index in [1.165, 1.54) is 17.0 Å². The van der Waals surface area contributed by atoms with Crippen molar-refractivity contribution in [3.05, 3.63) is 109 Å². The highest BCUT2D eigenvalue weighted by atomic mass is 15.3. The third kappa shape index (κ3) is 3.12. The second-order valence-corrected chi connectivity index (χ2v) is 9.19. The smallest absolute Gasteiger partial charge is 0.105 e. The lowest BCUT2D eigenvalue weighted by Crippen LogP contribution is -2.43. The van der Waals surface area contributed by atoms with E-state index in [4.69, 9.17) is 0 Å². The van der Waals surface area contributed by atoms with E-state index in [9.17, 15) is 0 Å². The summed E-state index contributed by atoms with van der Waals surface area (Å²) in [5.41, 5.74) is 8.12. The lowest BCUT2D eigenvalue weighted by molar-refractivity contribution is 0.171. The van der Waals surface area contributed by atoms with Crippen molar-refractivity contribution in [3.63, 3.8) is 0 Å². The van der Waals surface area contributed by atoms with Crippen LogP contribution in [0.25, 0.3) is 33.9 Å². The van der Waals surface area contributed by atoms with Crippen molar-refractivity contribution in [1.82, 2.24) is 24.4 Å². The van der Waals surface area contributed by atoms with Crippen LogP contribution < -0.4 is 5.32 Å². The molecule has 7 rings (SSSR count). The van der Waals surface area contributed by atoms with Crippen LogP contribution in [0.4, 0.5) is 0 Å². The summed E-state index contributed by atoms with van der Waals surface area (Å²) in [4.78, 5) is 9.23. The van der Waals surface area contributed by atoms with Gasteiger partial charge in [-0.15, -0.1) is 0 Å². The minimum Gasteiger partial charge on any atom is -0.339 e. The van der Waals surface area contributed by atoms with E-state index in [-0.39, 0.29) is 6.17 Å². The lowest BCUT2D eigenvalue weighted by Gasteiger charge is -2.43. The van der Waals surface area contributed by atoms with Gasteiger partial charge < -0.3 is 9.13 Å². The van der Waals surface area contributed by atoms with Crippen molar-refractivity contribution < 1.29 is 0 Å². The average molecular weight is 444 g/mol. The highest BCUT2D eigenvalue weighted by Gasteiger charge is 2.39. The minimum absolute atomic E-state index is 0.169. The summed E-state index contributed by atoms with van der Waals surface area (Å²) in [6.45, 7) is 0. The van der Waals surface area contributed by atoms with Gasteiger partial charge in [0.25, 0.3) is 0 Å². The van der Waals surface area contributed by atoms with E-state index in [2.05, 4.69) is 97.5 Å². The molecule has 3 atom stereocenters. The van der Waals surface area contributed by atoms with Gasteiger partial charge in [0.05, 0.1) is 28.8 Å². The molecule has 1 aromatic carbocycles. The first-order valence-corrected chi connectivity index (χ1v) is 11.9. The Hall–Kier alpha value is -3.96. The van der Waals surface area contributed by atoms with Crippen molar-refractivity contribution in [2.45, 2.75) is 31.1 Å². The maximum absolute atomic E-state index is 4.62. The number of nitrogens with zero attached hydrogens (tertiary/aromatic N) is 4. The summed E-state index contributed by atoms with van der Waals surface area (Å²) < 4.78 is 4.90. The Bertz CT molecular complexity index is 1440. The Morgan fingerprint density at radius 1 is 0.676 bits per heavy atom. The summed E-state index contributed by atoms with van der Waals surface area (Å²) in [5.74, 6) is 0. The third-order valence-electron chi connectivity index (χ3n) is 7.23. The summed E-state index contributed by atoms with van der Waals surface area (Å²) in [6.07, 6.45) is 10.7. The molecule has 166 valence electrons. The average Bonchev–Trinajstić information content (AvgIpc) is 3.56. The van der Waals surface area contributed by atoms with Gasteiger partial charge in [0.2, 0.25) is 0 Å². The molecule has 5 nitrogen and oxygen atoms in total. The Kier molecular flexibility index (Phi) is 4.49. The standard InChI is InChI=1S/C29H25N5/c1-2-8-20(9-3-1)25-12-13-26-29(32-25)34-19-22(24-11-5-7-15-31-24)17-28(34)27-16-21(18-33(26)27)23-10-4-6-14-30-23/h1-11,14-19,25-26,29,32H,12-13H2. The number of pyridine rings is 2. The zero-order valence-corrected chi connectivity index (χ0v) is 18.8. The first-order valence-electron chi connectivity index (χ1n) is 11.9. The number of piperidine rings is 1. The highest BCUT2D eigenvalue weighted by Crippen LogP contribution is 2.47. The SMILES string of the molecule is c1ccc(C2CCC3C(N2)n2cc(-c4ccccn4)cc2-c2cc(-c4ccccn4)cn23)cc1. The van der Waals surface area contributed by atoms with Crippen LogP contribution in [-0.2, 0) is 0 Å². The maximum Gasteiger partial charge on any atom is 0.105 e. The summed E-state index contributed by atoms with van der Waals surface area (Å²) in [6, 6.07) is 28.3. The molecule has 5 heteroatoms. The van der Waals surface area contributed by atoms with Crippen LogP contribution in [0, 0.1) is 0 Å². The van der Waals surface area contributed by atoms with Crippen molar-refractivity contribution in [1.29, 1.82) is 0 Å². The van der Waals surface area contributed by atoms with E-state index < -0.39 is 0 Å². The summed E-state index contributed by atoms with van der Waals surface area (Å²) >= 11 is 0. The second kappa shape index (κ2) is 7.82. The maximum atomic E-state index is 4.62. The van der Waals surface area contributed by atoms with Gasteiger partial charge in [0, 0.05) is 42.0 Å². The molecule has 2 aliphatic rings. The van der Waals surface area contributed by atoms with Crippen LogP contribution >= 0.6 is 0 Å². The predicted molar refractivity (Wildman–Crippen MR) is 134 cm³/mol. The summed E-state index contributed by atoms with van der Waals surface area (Å²) in [5, 5.41) is 3.99. The fraction of sp³-hybridized carbons (Fsp3) is 0.172. The molecule has 1 fully saturated rings. The van der Waals surface area contributed by atoms with Gasteiger partial charge >= 0.3 is 0 Å². The largest absolute Gasteiger partial charge is 0.339 e. The van der Waals surface area contributed by atoms with Crippen LogP contribution in [0.2, 0.25) is 0 Å². The van der Waals surface area contributed by atoms with Crippen molar-refractivity contribution in [2.75, 3.05) is 0 Å². The molecule has 0 radical (unpaired) electrons. The number of nitrogens with one attached hydrogen (secondary N) is 1. The van der Waals surface area contributed by atoms with Crippen LogP contribution in [0.1, 0.15) is 36.7 Å². The molecular formula is C29H25N5. The van der Waals surface area contributed by atoms with Gasteiger partial charge in [-0.2, -0.15) is 0 Å². The number of hydrogen-bond donors (Lipinski definition) is 1. The van der Waals surface area contributed by atoms with Crippen molar-refractivity contribution in [2.24, 2.45) is 0 Å². The van der Waals surface area contributed by atoms with Crippen LogP contribution in [0.3, 0.4) is 0 Å². The van der Waals surface area contributed by atoms with Crippen molar-refractivity contribution >= 4 is 0 Å². The van der Waals surface area contributed by atoms with Crippen molar-refractivity contribution in [3.8, 4) is 33.9 Å². The molecule has 3 unspecified atom stereocenters. The Morgan fingerprint density at radius 2 is 1.29 bits per heavy atom. The molecule has 0 spiro atoms. The monoisotopic (exact) mass is 443 g/mol. The topological polar surface area (TPSA) is 47.7 Å². The minimum atomic E-state index is 0.169. The molecule has 2 aliphatic heterocycles. The van der Waals surface area contributed by atoms with E-state index in [1.54, 1.807) is 0 Å². The van der Waals surface area contributed by atoms with E-state index in [1.807, 2.05) is 30.6 Å². The molecule has 0 saturated carbocycles. The van der Waals surface area contributed by atoms with Crippen LogP contribution in [0.5, 0.6) is 0 Å². The predicted octanol–water partition coefficient (Wildman–Crippen LogP) is 6.26. The molecule has 34 heavy (non-hydrogen) atoms. The van der Waals surface area contributed by atoms with Gasteiger partial charge in [-0.1, -0.05) is 42.5 Å². The van der Waals surface area contributed by atoms with E-state index in [0.717, 1.165) is 35.4 Å². The Balaban J connectivity index is 1.36. The van der Waals surface area contributed by atoms with Gasteiger partial charge in [0.15, 0.2) is 0 Å². The molecule has 5 aromatic rings. The lowest BCUT2D eigenvalue weighted by atomic mass is 9.91. The highest BCUT2D eigenvalue weighted by molar-refractivity contribution is 5.74. The Morgan fingerprint density at radius 3 is 1.94 bits per heavy atom. The fourth-order valence-electron chi connectivity index (χ4n) is 5.62. The number of fused-ring (bicyclic) bond motifs is 6. The summed E-state index contributed by atoms with van der Waals surface area (Å²) in [7, 11) is 0. The van der Waals surface area contributed by atoms with E-state index >= 15 is 0 Å².